The summed E-state index contributed by atoms with van der Waals surface area (Å²) >= 11 is 0. The highest BCUT2D eigenvalue weighted by Gasteiger charge is 2.64. The Morgan fingerprint density at radius 1 is 1.46 bits per heavy atom. The molecule has 0 aromatic carbocycles. The Kier molecular flexibility index (Phi) is 2.11. The van der Waals surface area contributed by atoms with Crippen molar-refractivity contribution in [2.45, 2.75) is 37.3 Å². The zero-order valence-electron chi connectivity index (χ0n) is 7.93. The average molecular weight is 188 g/mol. The van der Waals surface area contributed by atoms with Gasteiger partial charge in [-0.25, -0.2) is 0 Å². The molecule has 13 heavy (non-hydrogen) atoms. The minimum Gasteiger partial charge on any atom is -0.390 e. The van der Waals surface area contributed by atoms with Gasteiger partial charge in [-0.05, 0) is 0 Å². The Balaban J connectivity index is 2.11. The molecule has 1 spiro atoms. The molecule has 2 N–H and O–H groups in total. The molecule has 5 atom stereocenters. The molecule has 0 aromatic rings. The van der Waals surface area contributed by atoms with Crippen LogP contribution in [0.2, 0.25) is 0 Å². The largest absolute Gasteiger partial charge is 0.390 e. The molecule has 2 fully saturated rings. The van der Waals surface area contributed by atoms with Gasteiger partial charge in [0.25, 0.3) is 0 Å². The van der Waals surface area contributed by atoms with E-state index < -0.39 is 17.8 Å². The van der Waals surface area contributed by atoms with Crippen LogP contribution in [0.3, 0.4) is 0 Å². The summed E-state index contributed by atoms with van der Waals surface area (Å²) in [5.41, 5.74) is -0.715. The summed E-state index contributed by atoms with van der Waals surface area (Å²) in [6, 6.07) is 0. The lowest BCUT2D eigenvalue weighted by Crippen LogP contribution is -2.53. The molecular weight excluding hydrogens is 172 g/mol. The molecule has 0 bridgehead atoms. The van der Waals surface area contributed by atoms with Gasteiger partial charge in [-0.1, -0.05) is 6.92 Å². The first kappa shape index (κ1) is 9.40. The van der Waals surface area contributed by atoms with E-state index in [4.69, 9.17) is 9.47 Å². The Morgan fingerprint density at radius 3 is 2.54 bits per heavy atom. The quantitative estimate of drug-likeness (QED) is 0.584. The second-order valence-corrected chi connectivity index (χ2v) is 4.11. The van der Waals surface area contributed by atoms with Crippen molar-refractivity contribution in [2.24, 2.45) is 5.92 Å². The van der Waals surface area contributed by atoms with Crippen molar-refractivity contribution < 1.29 is 19.7 Å². The Morgan fingerprint density at radius 2 is 2.08 bits per heavy atom. The predicted octanol–water partition coefficient (Wildman–Crippen LogP) is -0.468. The zero-order valence-corrected chi connectivity index (χ0v) is 7.93. The van der Waals surface area contributed by atoms with Crippen LogP contribution in [0.5, 0.6) is 0 Å². The monoisotopic (exact) mass is 188 g/mol. The van der Waals surface area contributed by atoms with Crippen molar-refractivity contribution in [3.8, 4) is 0 Å². The summed E-state index contributed by atoms with van der Waals surface area (Å²) in [4.78, 5) is 0. The molecule has 0 aromatic heterocycles. The van der Waals surface area contributed by atoms with Crippen molar-refractivity contribution in [1.82, 2.24) is 0 Å². The van der Waals surface area contributed by atoms with Crippen LogP contribution in [-0.4, -0.2) is 47.8 Å². The van der Waals surface area contributed by atoms with E-state index in [2.05, 4.69) is 0 Å². The third-order valence-corrected chi connectivity index (χ3v) is 3.18. The SMILES string of the molecule is CO[C@H]1[C@H](C)CO[C@@]2(C[C@H]2O)[C@H]1O. The first-order chi connectivity index (χ1) is 6.12. The lowest BCUT2D eigenvalue weighted by molar-refractivity contribution is -0.193. The number of hydrogen-bond acceptors (Lipinski definition) is 4. The molecule has 1 saturated heterocycles. The average Bonchev–Trinajstić information content (AvgIpc) is 2.74. The number of hydrogen-bond donors (Lipinski definition) is 2. The normalized spacial score (nSPS) is 55.4. The van der Waals surface area contributed by atoms with Gasteiger partial charge in [0.1, 0.15) is 11.7 Å². The molecule has 1 heterocycles. The van der Waals surface area contributed by atoms with Crippen LogP contribution in [0, 0.1) is 5.92 Å². The highest BCUT2D eigenvalue weighted by atomic mass is 16.6. The molecule has 1 aliphatic carbocycles. The molecule has 2 aliphatic rings. The smallest absolute Gasteiger partial charge is 0.125 e. The fourth-order valence-corrected chi connectivity index (χ4v) is 2.13. The molecule has 4 nitrogen and oxygen atoms in total. The zero-order chi connectivity index (χ0) is 9.64. The lowest BCUT2D eigenvalue weighted by atomic mass is 9.92. The van der Waals surface area contributed by atoms with Gasteiger partial charge in [0.05, 0.1) is 18.8 Å². The van der Waals surface area contributed by atoms with Gasteiger partial charge in [-0.15, -0.1) is 0 Å². The molecule has 4 heteroatoms. The maximum atomic E-state index is 9.89. The fourth-order valence-electron chi connectivity index (χ4n) is 2.13. The molecule has 1 aliphatic heterocycles. The number of methoxy groups -OCH3 is 1. The first-order valence-corrected chi connectivity index (χ1v) is 4.64. The van der Waals surface area contributed by atoms with E-state index in [1.165, 1.54) is 0 Å². The minimum absolute atomic E-state index is 0.179. The van der Waals surface area contributed by atoms with Crippen LogP contribution in [0.15, 0.2) is 0 Å². The summed E-state index contributed by atoms with van der Waals surface area (Å²) in [6.07, 6.45) is -0.907. The number of ether oxygens (including phenoxy) is 2. The van der Waals surface area contributed by atoms with Gasteiger partial charge in [-0.3, -0.25) is 0 Å². The summed E-state index contributed by atoms with van der Waals surface area (Å²) in [7, 11) is 1.58. The topological polar surface area (TPSA) is 58.9 Å². The second kappa shape index (κ2) is 2.92. The number of rotatable bonds is 1. The van der Waals surface area contributed by atoms with Crippen LogP contribution in [0.4, 0.5) is 0 Å². The van der Waals surface area contributed by atoms with Crippen molar-refractivity contribution in [3.05, 3.63) is 0 Å². The third-order valence-electron chi connectivity index (χ3n) is 3.18. The van der Waals surface area contributed by atoms with Crippen LogP contribution >= 0.6 is 0 Å². The van der Waals surface area contributed by atoms with Crippen molar-refractivity contribution >= 4 is 0 Å². The van der Waals surface area contributed by atoms with E-state index >= 15 is 0 Å². The van der Waals surface area contributed by atoms with E-state index in [0.717, 1.165) is 0 Å². The molecule has 2 rings (SSSR count). The lowest BCUT2D eigenvalue weighted by Gasteiger charge is -2.38. The summed E-state index contributed by atoms with van der Waals surface area (Å²) in [6.45, 7) is 2.52. The minimum atomic E-state index is -0.715. The maximum absolute atomic E-state index is 9.89. The molecule has 0 unspecified atom stereocenters. The van der Waals surface area contributed by atoms with Gasteiger partial charge in [0.2, 0.25) is 0 Å². The predicted molar refractivity (Wildman–Crippen MR) is 45.3 cm³/mol. The van der Waals surface area contributed by atoms with E-state index in [1.807, 2.05) is 6.92 Å². The molecule has 76 valence electrons. The molecular formula is C9H16O4. The van der Waals surface area contributed by atoms with Gasteiger partial charge < -0.3 is 19.7 Å². The second-order valence-electron chi connectivity index (χ2n) is 4.11. The van der Waals surface area contributed by atoms with Crippen molar-refractivity contribution in [2.75, 3.05) is 13.7 Å². The van der Waals surface area contributed by atoms with E-state index in [-0.39, 0.29) is 12.0 Å². The van der Waals surface area contributed by atoms with Gasteiger partial charge in [0.15, 0.2) is 0 Å². The van der Waals surface area contributed by atoms with E-state index in [9.17, 15) is 10.2 Å². The molecule has 0 amide bonds. The van der Waals surface area contributed by atoms with Crippen LogP contribution < -0.4 is 0 Å². The number of aliphatic hydroxyl groups excluding tert-OH is 2. The van der Waals surface area contributed by atoms with Crippen molar-refractivity contribution in [3.63, 3.8) is 0 Å². The summed E-state index contributed by atoms with van der Waals surface area (Å²) in [5, 5.41) is 19.3. The third kappa shape index (κ3) is 1.21. The first-order valence-electron chi connectivity index (χ1n) is 4.64. The van der Waals surface area contributed by atoms with Crippen LogP contribution in [0.1, 0.15) is 13.3 Å². The molecule has 0 radical (unpaired) electrons. The van der Waals surface area contributed by atoms with Gasteiger partial charge >= 0.3 is 0 Å². The summed E-state index contributed by atoms with van der Waals surface area (Å²) in [5.74, 6) is 0.179. The highest BCUT2D eigenvalue weighted by Crippen LogP contribution is 2.48. The maximum Gasteiger partial charge on any atom is 0.125 e. The van der Waals surface area contributed by atoms with E-state index in [1.54, 1.807) is 7.11 Å². The van der Waals surface area contributed by atoms with Gasteiger partial charge in [-0.2, -0.15) is 0 Å². The van der Waals surface area contributed by atoms with Crippen LogP contribution in [-0.2, 0) is 9.47 Å². The Bertz CT molecular complexity index is 208. The Labute approximate surface area is 77.5 Å². The van der Waals surface area contributed by atoms with Crippen LogP contribution in [0.25, 0.3) is 0 Å². The molecule has 1 saturated carbocycles. The van der Waals surface area contributed by atoms with Gasteiger partial charge in [0, 0.05) is 19.4 Å². The number of aliphatic hydroxyl groups is 2. The standard InChI is InChI=1S/C9H16O4/c1-5-4-13-9(3-6(9)10)8(11)7(5)12-2/h5-8,10-11H,3-4H2,1-2H3/t5-,6-,7+,8+,9-/m1/s1. The van der Waals surface area contributed by atoms with E-state index in [0.29, 0.717) is 13.0 Å². The fraction of sp³-hybridized carbons (Fsp3) is 1.00. The summed E-state index contributed by atoms with van der Waals surface area (Å²) < 4.78 is 10.7. The highest BCUT2D eigenvalue weighted by molar-refractivity contribution is 5.15. The Hall–Kier alpha value is -0.160. The van der Waals surface area contributed by atoms with Crippen molar-refractivity contribution in [1.29, 1.82) is 0 Å².